The number of piperidine rings is 1. The lowest BCUT2D eigenvalue weighted by molar-refractivity contribution is -0.146. The number of nitrogens with zero attached hydrogens (tertiary/aromatic N) is 1. The number of likely N-dealkylation sites (tertiary alicyclic amines) is 1. The maximum atomic E-state index is 11.8. The predicted octanol–water partition coefficient (Wildman–Crippen LogP) is 2.82. The molecule has 0 aromatic heterocycles. The van der Waals surface area contributed by atoms with Crippen molar-refractivity contribution < 1.29 is 9.90 Å². The van der Waals surface area contributed by atoms with Crippen LogP contribution in [0.5, 0.6) is 0 Å². The van der Waals surface area contributed by atoms with Gasteiger partial charge in [0.1, 0.15) is 0 Å². The summed E-state index contributed by atoms with van der Waals surface area (Å²) in [4.78, 5) is 14.2. The number of carboxylic acid groups (broad SMARTS) is 1. The number of aliphatic carboxylic acids is 1. The van der Waals surface area contributed by atoms with Crippen LogP contribution in [0.3, 0.4) is 0 Å². The molecule has 0 radical (unpaired) electrons. The van der Waals surface area contributed by atoms with Gasteiger partial charge in [-0.2, -0.15) is 0 Å². The van der Waals surface area contributed by atoms with E-state index in [2.05, 4.69) is 11.8 Å². The third-order valence-electron chi connectivity index (χ3n) is 4.26. The van der Waals surface area contributed by atoms with Crippen LogP contribution >= 0.6 is 0 Å². The molecule has 1 heterocycles. The molecule has 0 saturated carbocycles. The van der Waals surface area contributed by atoms with Crippen LogP contribution in [-0.4, -0.2) is 35.6 Å². The zero-order valence-corrected chi connectivity index (χ0v) is 11.9. The van der Waals surface area contributed by atoms with Crippen molar-refractivity contribution in [3.63, 3.8) is 0 Å². The Balaban J connectivity index is 2.21. The third-order valence-corrected chi connectivity index (χ3v) is 4.26. The molecule has 0 unspecified atom stereocenters. The summed E-state index contributed by atoms with van der Waals surface area (Å²) >= 11 is 0. The fourth-order valence-corrected chi connectivity index (χ4v) is 2.97. The van der Waals surface area contributed by atoms with E-state index >= 15 is 0 Å². The van der Waals surface area contributed by atoms with E-state index in [-0.39, 0.29) is 0 Å². The van der Waals surface area contributed by atoms with Gasteiger partial charge in [-0.3, -0.25) is 4.79 Å². The molecular formula is C16H23NO2. The lowest BCUT2D eigenvalue weighted by atomic mass is 9.72. The molecule has 1 aliphatic rings. The van der Waals surface area contributed by atoms with Gasteiger partial charge in [-0.25, -0.2) is 0 Å². The van der Waals surface area contributed by atoms with Gasteiger partial charge < -0.3 is 10.0 Å². The highest BCUT2D eigenvalue weighted by Crippen LogP contribution is 2.36. The van der Waals surface area contributed by atoms with Crippen LogP contribution in [0.1, 0.15) is 37.3 Å². The van der Waals surface area contributed by atoms with Crippen LogP contribution in [0.2, 0.25) is 0 Å². The van der Waals surface area contributed by atoms with E-state index in [1.807, 2.05) is 31.2 Å². The Morgan fingerprint density at radius 1 is 1.26 bits per heavy atom. The molecule has 1 N–H and O–H groups in total. The second kappa shape index (κ2) is 5.74. The number of carboxylic acids is 1. The molecule has 3 heteroatoms. The first-order chi connectivity index (χ1) is 9.08. The Hall–Kier alpha value is -1.35. The van der Waals surface area contributed by atoms with Crippen LogP contribution in [0.15, 0.2) is 24.3 Å². The van der Waals surface area contributed by atoms with Crippen LogP contribution in [0, 0.1) is 6.92 Å². The Morgan fingerprint density at radius 3 is 2.32 bits per heavy atom. The third kappa shape index (κ3) is 2.81. The minimum Gasteiger partial charge on any atom is -0.481 e. The lowest BCUT2D eigenvalue weighted by Gasteiger charge is -2.39. The molecule has 0 aliphatic carbocycles. The van der Waals surface area contributed by atoms with Gasteiger partial charge in [-0.05, 0) is 51.4 Å². The molecule has 1 saturated heterocycles. The lowest BCUT2D eigenvalue weighted by Crippen LogP contribution is -2.47. The standard InChI is InChI=1S/C16H23NO2/c1-3-10-17-11-8-16(9-12-17,15(18)19)14-6-4-13(2)5-7-14/h4-7H,3,8-12H2,1-2H3,(H,18,19). The molecule has 2 rings (SSSR count). The van der Waals surface area contributed by atoms with Crippen molar-refractivity contribution in [2.45, 2.75) is 38.5 Å². The molecule has 0 atom stereocenters. The van der Waals surface area contributed by atoms with Crippen LogP contribution in [0.25, 0.3) is 0 Å². The number of aryl methyl sites for hydroxylation is 1. The minimum absolute atomic E-state index is 0.674. The molecule has 1 aromatic carbocycles. The molecule has 1 aromatic rings. The highest BCUT2D eigenvalue weighted by atomic mass is 16.4. The van der Waals surface area contributed by atoms with E-state index in [0.717, 1.165) is 31.6 Å². The highest BCUT2D eigenvalue weighted by molar-refractivity contribution is 5.81. The molecule has 1 fully saturated rings. The SMILES string of the molecule is CCCN1CCC(C(=O)O)(c2ccc(C)cc2)CC1. The summed E-state index contributed by atoms with van der Waals surface area (Å²) in [6.07, 6.45) is 2.56. The van der Waals surface area contributed by atoms with Gasteiger partial charge in [0.25, 0.3) is 0 Å². The van der Waals surface area contributed by atoms with Crippen molar-refractivity contribution >= 4 is 5.97 Å². The van der Waals surface area contributed by atoms with Crippen LogP contribution in [-0.2, 0) is 10.2 Å². The number of rotatable bonds is 4. The first-order valence-electron chi connectivity index (χ1n) is 7.11. The number of carbonyl (C=O) groups is 1. The molecule has 0 spiro atoms. The Labute approximate surface area is 115 Å². The average Bonchev–Trinajstić information content (AvgIpc) is 2.41. The Bertz CT molecular complexity index is 431. The van der Waals surface area contributed by atoms with Crippen molar-refractivity contribution in [2.24, 2.45) is 0 Å². The monoisotopic (exact) mass is 261 g/mol. The molecule has 104 valence electrons. The van der Waals surface area contributed by atoms with Gasteiger partial charge >= 0.3 is 5.97 Å². The molecule has 0 amide bonds. The van der Waals surface area contributed by atoms with Gasteiger partial charge in [0.05, 0.1) is 5.41 Å². The molecule has 19 heavy (non-hydrogen) atoms. The summed E-state index contributed by atoms with van der Waals surface area (Å²) in [7, 11) is 0. The van der Waals surface area contributed by atoms with Crippen molar-refractivity contribution in [1.82, 2.24) is 4.90 Å². The fraction of sp³-hybridized carbons (Fsp3) is 0.562. The predicted molar refractivity (Wildman–Crippen MR) is 76.5 cm³/mol. The summed E-state index contributed by atoms with van der Waals surface area (Å²) in [6, 6.07) is 7.99. The van der Waals surface area contributed by atoms with E-state index in [0.29, 0.717) is 12.8 Å². The zero-order chi connectivity index (χ0) is 13.9. The summed E-state index contributed by atoms with van der Waals surface area (Å²) in [6.45, 7) is 7.03. The smallest absolute Gasteiger partial charge is 0.314 e. The number of hydrogen-bond acceptors (Lipinski definition) is 2. The highest BCUT2D eigenvalue weighted by Gasteiger charge is 2.42. The van der Waals surface area contributed by atoms with Crippen LogP contribution < -0.4 is 0 Å². The van der Waals surface area contributed by atoms with E-state index in [1.165, 1.54) is 5.56 Å². The summed E-state index contributed by atoms with van der Waals surface area (Å²) < 4.78 is 0. The maximum absolute atomic E-state index is 11.8. The van der Waals surface area contributed by atoms with Gasteiger partial charge in [0.15, 0.2) is 0 Å². The summed E-state index contributed by atoms with van der Waals surface area (Å²) in [5, 5.41) is 9.71. The quantitative estimate of drug-likeness (QED) is 0.906. The summed E-state index contributed by atoms with van der Waals surface area (Å²) in [5.74, 6) is -0.674. The number of benzene rings is 1. The Morgan fingerprint density at radius 2 is 1.84 bits per heavy atom. The summed E-state index contributed by atoms with van der Waals surface area (Å²) in [5.41, 5.74) is 1.45. The topological polar surface area (TPSA) is 40.5 Å². The largest absolute Gasteiger partial charge is 0.481 e. The Kier molecular flexibility index (Phi) is 4.25. The van der Waals surface area contributed by atoms with Gasteiger partial charge in [-0.15, -0.1) is 0 Å². The van der Waals surface area contributed by atoms with E-state index in [1.54, 1.807) is 0 Å². The van der Waals surface area contributed by atoms with E-state index in [4.69, 9.17) is 0 Å². The second-order valence-electron chi connectivity index (χ2n) is 5.59. The normalized spacial score (nSPS) is 19.3. The van der Waals surface area contributed by atoms with E-state index in [9.17, 15) is 9.90 Å². The van der Waals surface area contributed by atoms with Crippen molar-refractivity contribution in [2.75, 3.05) is 19.6 Å². The van der Waals surface area contributed by atoms with Gasteiger partial charge in [0.2, 0.25) is 0 Å². The van der Waals surface area contributed by atoms with E-state index < -0.39 is 11.4 Å². The van der Waals surface area contributed by atoms with Crippen LogP contribution in [0.4, 0.5) is 0 Å². The average molecular weight is 261 g/mol. The van der Waals surface area contributed by atoms with Gasteiger partial charge in [0, 0.05) is 0 Å². The molecule has 3 nitrogen and oxygen atoms in total. The van der Waals surface area contributed by atoms with Crippen molar-refractivity contribution in [3.05, 3.63) is 35.4 Å². The molecule has 1 aliphatic heterocycles. The fourth-order valence-electron chi connectivity index (χ4n) is 2.97. The van der Waals surface area contributed by atoms with Crippen molar-refractivity contribution in [3.8, 4) is 0 Å². The van der Waals surface area contributed by atoms with Gasteiger partial charge in [-0.1, -0.05) is 36.8 Å². The second-order valence-corrected chi connectivity index (χ2v) is 5.59. The molecule has 0 bridgehead atoms. The van der Waals surface area contributed by atoms with Crippen molar-refractivity contribution in [1.29, 1.82) is 0 Å². The zero-order valence-electron chi connectivity index (χ0n) is 11.9. The first-order valence-corrected chi connectivity index (χ1v) is 7.11. The first kappa shape index (κ1) is 14.1. The minimum atomic E-state index is -0.683. The molecular weight excluding hydrogens is 238 g/mol. The maximum Gasteiger partial charge on any atom is 0.314 e. The number of hydrogen-bond donors (Lipinski definition) is 1.